The predicted molar refractivity (Wildman–Crippen MR) is 54.2 cm³/mol. The zero-order valence-electron chi connectivity index (χ0n) is 8.10. The van der Waals surface area contributed by atoms with E-state index in [1.807, 2.05) is 36.8 Å². The van der Waals surface area contributed by atoms with E-state index in [9.17, 15) is 0 Å². The third kappa shape index (κ3) is 3.95. The van der Waals surface area contributed by atoms with Gasteiger partial charge in [-0.3, -0.25) is 5.73 Å². The first kappa shape index (κ1) is 10.1. The van der Waals surface area contributed by atoms with Crippen molar-refractivity contribution in [2.24, 2.45) is 11.7 Å². The zero-order valence-corrected chi connectivity index (χ0v) is 8.10. The molecule has 2 heteroatoms. The number of para-hydroxylation sites is 1. The van der Waals surface area contributed by atoms with Crippen LogP contribution in [0.1, 0.15) is 13.8 Å². The Morgan fingerprint density at radius 3 is 2.38 bits per heavy atom. The van der Waals surface area contributed by atoms with Crippen LogP contribution in [0, 0.1) is 12.3 Å². The first-order valence-corrected chi connectivity index (χ1v) is 4.51. The van der Waals surface area contributed by atoms with Gasteiger partial charge in [-0.15, -0.1) is 0 Å². The van der Waals surface area contributed by atoms with Crippen LogP contribution in [0.4, 0.5) is 0 Å². The molecule has 13 heavy (non-hydrogen) atoms. The molecule has 0 heterocycles. The van der Waals surface area contributed by atoms with E-state index in [2.05, 4.69) is 13.8 Å². The van der Waals surface area contributed by atoms with Crippen LogP contribution in [0.5, 0.6) is 5.75 Å². The predicted octanol–water partition coefficient (Wildman–Crippen LogP) is 2.21. The summed E-state index contributed by atoms with van der Waals surface area (Å²) in [5.41, 5.74) is 5.73. The summed E-state index contributed by atoms with van der Waals surface area (Å²) >= 11 is 0. The number of nitrogens with two attached hydrogens (primary N) is 1. The Bertz CT molecular complexity index is 233. The molecule has 1 atom stereocenters. The van der Waals surface area contributed by atoms with Crippen molar-refractivity contribution in [1.82, 2.24) is 0 Å². The Kier molecular flexibility index (Phi) is 3.77. The summed E-state index contributed by atoms with van der Waals surface area (Å²) in [5, 5.41) is 0. The number of ether oxygens (including phenoxy) is 1. The lowest BCUT2D eigenvalue weighted by molar-refractivity contribution is 0.229. The number of hydrogen-bond acceptors (Lipinski definition) is 2. The van der Waals surface area contributed by atoms with Crippen molar-refractivity contribution in [2.75, 3.05) is 0 Å². The Balaban J connectivity index is 2.41. The molecule has 0 amide bonds. The summed E-state index contributed by atoms with van der Waals surface area (Å²) in [5.74, 6) is 1.26. The fourth-order valence-electron chi connectivity index (χ4n) is 1.07. The SMILES string of the molecule is CC(C)[CH][C@H](N)Oc1ccccc1. The average molecular weight is 178 g/mol. The summed E-state index contributed by atoms with van der Waals surface area (Å²) in [4.78, 5) is 0. The van der Waals surface area contributed by atoms with E-state index in [0.29, 0.717) is 5.92 Å². The van der Waals surface area contributed by atoms with Crippen LogP contribution in [0.25, 0.3) is 0 Å². The van der Waals surface area contributed by atoms with Crippen molar-refractivity contribution < 1.29 is 4.74 Å². The van der Waals surface area contributed by atoms with Gasteiger partial charge in [0.2, 0.25) is 0 Å². The second-order valence-corrected chi connectivity index (χ2v) is 3.33. The van der Waals surface area contributed by atoms with Gasteiger partial charge in [0, 0.05) is 6.42 Å². The van der Waals surface area contributed by atoms with Crippen molar-refractivity contribution in [3.05, 3.63) is 36.8 Å². The molecule has 0 aliphatic carbocycles. The Hall–Kier alpha value is -1.02. The van der Waals surface area contributed by atoms with E-state index >= 15 is 0 Å². The van der Waals surface area contributed by atoms with Gasteiger partial charge in [-0.25, -0.2) is 0 Å². The van der Waals surface area contributed by atoms with E-state index < -0.39 is 0 Å². The fraction of sp³-hybridized carbons (Fsp3) is 0.364. The van der Waals surface area contributed by atoms with Gasteiger partial charge in [0.1, 0.15) is 5.75 Å². The normalized spacial score (nSPS) is 12.9. The molecule has 0 saturated carbocycles. The second kappa shape index (κ2) is 4.87. The fourth-order valence-corrected chi connectivity index (χ4v) is 1.07. The van der Waals surface area contributed by atoms with Crippen LogP contribution in [0.3, 0.4) is 0 Å². The van der Waals surface area contributed by atoms with Gasteiger partial charge in [-0.1, -0.05) is 32.0 Å². The maximum absolute atomic E-state index is 5.73. The summed E-state index contributed by atoms with van der Waals surface area (Å²) in [6.07, 6.45) is 1.65. The molecule has 0 spiro atoms. The molecule has 71 valence electrons. The molecule has 0 bridgehead atoms. The van der Waals surface area contributed by atoms with Crippen molar-refractivity contribution in [2.45, 2.75) is 20.1 Å². The maximum Gasteiger partial charge on any atom is 0.151 e. The van der Waals surface area contributed by atoms with Crippen LogP contribution in [0.15, 0.2) is 30.3 Å². The van der Waals surface area contributed by atoms with E-state index in [1.54, 1.807) is 0 Å². The molecule has 1 radical (unpaired) electrons. The lowest BCUT2D eigenvalue weighted by Gasteiger charge is -2.15. The highest BCUT2D eigenvalue weighted by Gasteiger charge is 2.06. The minimum atomic E-state index is -0.317. The minimum Gasteiger partial charge on any atom is -0.475 e. The smallest absolute Gasteiger partial charge is 0.151 e. The van der Waals surface area contributed by atoms with Crippen LogP contribution in [0.2, 0.25) is 0 Å². The van der Waals surface area contributed by atoms with Crippen molar-refractivity contribution in [3.63, 3.8) is 0 Å². The first-order valence-electron chi connectivity index (χ1n) is 4.51. The quantitative estimate of drug-likeness (QED) is 0.717. The monoisotopic (exact) mass is 178 g/mol. The summed E-state index contributed by atoms with van der Waals surface area (Å²) in [6, 6.07) is 9.60. The first-order chi connectivity index (χ1) is 6.18. The molecule has 2 nitrogen and oxygen atoms in total. The standard InChI is InChI=1S/C11H16NO/c1-9(2)8-11(12)13-10-6-4-3-5-7-10/h3-9,11H,12H2,1-2H3/t11-/m1/s1. The van der Waals surface area contributed by atoms with E-state index in [0.717, 1.165) is 5.75 Å². The van der Waals surface area contributed by atoms with Crippen molar-refractivity contribution >= 4 is 0 Å². The van der Waals surface area contributed by atoms with E-state index in [-0.39, 0.29) is 6.23 Å². The Labute approximate surface area is 79.7 Å². The maximum atomic E-state index is 5.73. The third-order valence-corrected chi connectivity index (χ3v) is 1.59. The highest BCUT2D eigenvalue weighted by atomic mass is 16.5. The molecule has 0 aromatic heterocycles. The Morgan fingerprint density at radius 1 is 1.23 bits per heavy atom. The molecule has 1 aromatic rings. The second-order valence-electron chi connectivity index (χ2n) is 3.33. The van der Waals surface area contributed by atoms with Crippen LogP contribution in [-0.4, -0.2) is 6.23 Å². The van der Waals surface area contributed by atoms with Gasteiger partial charge in [0.15, 0.2) is 6.23 Å². The summed E-state index contributed by atoms with van der Waals surface area (Å²) in [6.45, 7) is 4.16. The number of benzene rings is 1. The van der Waals surface area contributed by atoms with Crippen molar-refractivity contribution in [1.29, 1.82) is 0 Å². The number of hydrogen-bond donors (Lipinski definition) is 1. The van der Waals surface area contributed by atoms with Gasteiger partial charge >= 0.3 is 0 Å². The highest BCUT2D eigenvalue weighted by Crippen LogP contribution is 2.11. The van der Waals surface area contributed by atoms with E-state index in [4.69, 9.17) is 10.5 Å². The third-order valence-electron chi connectivity index (χ3n) is 1.59. The molecule has 0 fully saturated rings. The zero-order chi connectivity index (χ0) is 9.68. The Morgan fingerprint density at radius 2 is 1.85 bits per heavy atom. The minimum absolute atomic E-state index is 0.317. The van der Waals surface area contributed by atoms with Gasteiger partial charge in [0.25, 0.3) is 0 Å². The van der Waals surface area contributed by atoms with Crippen molar-refractivity contribution in [3.8, 4) is 5.75 Å². The summed E-state index contributed by atoms with van der Waals surface area (Å²) in [7, 11) is 0. The molecular formula is C11H16NO. The molecule has 2 N–H and O–H groups in total. The molecule has 1 aromatic carbocycles. The van der Waals surface area contributed by atoms with Gasteiger partial charge < -0.3 is 4.74 Å². The molecular weight excluding hydrogens is 162 g/mol. The molecule has 0 saturated heterocycles. The molecule has 0 unspecified atom stereocenters. The summed E-state index contributed by atoms with van der Waals surface area (Å²) < 4.78 is 5.45. The van der Waals surface area contributed by atoms with Gasteiger partial charge in [-0.2, -0.15) is 0 Å². The van der Waals surface area contributed by atoms with Crippen LogP contribution >= 0.6 is 0 Å². The highest BCUT2D eigenvalue weighted by molar-refractivity contribution is 5.21. The topological polar surface area (TPSA) is 35.2 Å². The van der Waals surface area contributed by atoms with Gasteiger partial charge in [-0.05, 0) is 18.1 Å². The van der Waals surface area contributed by atoms with E-state index in [1.165, 1.54) is 0 Å². The molecule has 1 rings (SSSR count). The number of rotatable bonds is 4. The average Bonchev–Trinajstić information content (AvgIpc) is 2.04. The molecule has 0 aliphatic heterocycles. The lowest BCUT2D eigenvalue weighted by Crippen LogP contribution is -2.29. The molecule has 0 aliphatic rings. The largest absolute Gasteiger partial charge is 0.475 e. The van der Waals surface area contributed by atoms with Crippen LogP contribution in [-0.2, 0) is 0 Å². The van der Waals surface area contributed by atoms with Gasteiger partial charge in [0.05, 0.1) is 0 Å². The van der Waals surface area contributed by atoms with Crippen LogP contribution < -0.4 is 10.5 Å². The lowest BCUT2D eigenvalue weighted by atomic mass is 10.1.